The zero-order valence-electron chi connectivity index (χ0n) is 16.7. The highest BCUT2D eigenvalue weighted by Gasteiger charge is 2.26. The summed E-state index contributed by atoms with van der Waals surface area (Å²) >= 11 is 0. The van der Waals surface area contributed by atoms with E-state index in [1.54, 1.807) is 6.20 Å². The maximum Gasteiger partial charge on any atom is 0.268 e. The van der Waals surface area contributed by atoms with Crippen molar-refractivity contribution in [2.75, 3.05) is 11.9 Å². The molecule has 0 radical (unpaired) electrons. The number of aromatic nitrogens is 3. The van der Waals surface area contributed by atoms with Crippen LogP contribution in [0, 0.1) is 19.3 Å². The number of carbonyl (C=O) groups excluding carboxylic acids is 1. The van der Waals surface area contributed by atoms with Gasteiger partial charge in [-0.1, -0.05) is 0 Å². The Kier molecular flexibility index (Phi) is 5.01. The molecule has 0 atom stereocenters. The van der Waals surface area contributed by atoms with Gasteiger partial charge in [-0.25, -0.2) is 15.0 Å². The quantitative estimate of drug-likeness (QED) is 0.384. The van der Waals surface area contributed by atoms with Gasteiger partial charge in [-0.15, -0.1) is 0 Å². The maximum atomic E-state index is 12.3. The first-order valence-corrected chi connectivity index (χ1v) is 9.50. The Bertz CT molecular complexity index is 1160. The monoisotopic (exact) mass is 402 g/mol. The van der Waals surface area contributed by atoms with Crippen molar-refractivity contribution in [1.82, 2.24) is 19.9 Å². The topological polar surface area (TPSA) is 134 Å². The SMILES string of the molecule is Cc1c(-c2ccnc(Nc3ccc(C(N)=NC=N)cc3)n2)c(C)n2c1C(=O)NCC2. The standard InChI is InChI=1S/C21H22N8O/c1-12-17(13(2)29-10-9-24-20(30)18(12)29)16-7-8-25-21(28-16)27-15-5-3-14(4-6-15)19(23)26-11-22/h3-8,11H,9-10H2,1-2H3,(H,24,30)(H3,22,23,26)(H,25,27,28). The molecule has 1 aromatic carbocycles. The molecule has 0 saturated carbocycles. The zero-order chi connectivity index (χ0) is 21.3. The van der Waals surface area contributed by atoms with Crippen molar-refractivity contribution >= 4 is 29.7 Å². The minimum absolute atomic E-state index is 0.0496. The van der Waals surface area contributed by atoms with Crippen LogP contribution in [0.5, 0.6) is 0 Å². The third-order valence-corrected chi connectivity index (χ3v) is 5.16. The second-order valence-corrected chi connectivity index (χ2v) is 6.95. The van der Waals surface area contributed by atoms with Gasteiger partial charge in [0.1, 0.15) is 17.9 Å². The van der Waals surface area contributed by atoms with Crippen molar-refractivity contribution in [2.24, 2.45) is 10.7 Å². The molecule has 30 heavy (non-hydrogen) atoms. The molecule has 5 N–H and O–H groups in total. The number of benzene rings is 1. The summed E-state index contributed by atoms with van der Waals surface area (Å²) in [6.07, 6.45) is 2.61. The van der Waals surface area contributed by atoms with Gasteiger partial charge in [0.2, 0.25) is 5.95 Å². The highest BCUT2D eigenvalue weighted by Crippen LogP contribution is 2.32. The molecule has 3 aromatic rings. The van der Waals surface area contributed by atoms with Crippen LogP contribution in [0.15, 0.2) is 41.5 Å². The Morgan fingerprint density at radius 2 is 2.07 bits per heavy atom. The summed E-state index contributed by atoms with van der Waals surface area (Å²) in [5, 5.41) is 13.1. The predicted octanol–water partition coefficient (Wildman–Crippen LogP) is 2.36. The number of amidine groups is 1. The smallest absolute Gasteiger partial charge is 0.268 e. The van der Waals surface area contributed by atoms with Crippen molar-refractivity contribution in [1.29, 1.82) is 5.41 Å². The predicted molar refractivity (Wildman–Crippen MR) is 116 cm³/mol. The normalized spacial score (nSPS) is 13.5. The fourth-order valence-electron chi connectivity index (χ4n) is 3.77. The molecular weight excluding hydrogens is 380 g/mol. The van der Waals surface area contributed by atoms with E-state index in [1.807, 2.05) is 44.2 Å². The largest absolute Gasteiger partial charge is 0.383 e. The second kappa shape index (κ2) is 7.78. The van der Waals surface area contributed by atoms with E-state index in [0.29, 0.717) is 18.2 Å². The summed E-state index contributed by atoms with van der Waals surface area (Å²) in [6.45, 7) is 5.34. The number of nitrogens with two attached hydrogens (primary N) is 1. The summed E-state index contributed by atoms with van der Waals surface area (Å²) in [5.41, 5.74) is 11.7. The van der Waals surface area contributed by atoms with Crippen LogP contribution in [-0.4, -0.2) is 39.2 Å². The van der Waals surface area contributed by atoms with Crippen LogP contribution in [-0.2, 0) is 6.54 Å². The lowest BCUT2D eigenvalue weighted by atomic mass is 10.1. The number of aliphatic imine (C=N–C) groups is 1. The summed E-state index contributed by atoms with van der Waals surface area (Å²) < 4.78 is 2.05. The van der Waals surface area contributed by atoms with Gasteiger partial charge in [0.05, 0.1) is 5.69 Å². The van der Waals surface area contributed by atoms with Crippen LogP contribution in [0.2, 0.25) is 0 Å². The van der Waals surface area contributed by atoms with E-state index in [4.69, 9.17) is 11.1 Å². The molecule has 9 heteroatoms. The molecule has 2 aromatic heterocycles. The highest BCUT2D eigenvalue weighted by atomic mass is 16.2. The van der Waals surface area contributed by atoms with E-state index in [-0.39, 0.29) is 11.7 Å². The third-order valence-electron chi connectivity index (χ3n) is 5.16. The maximum absolute atomic E-state index is 12.3. The van der Waals surface area contributed by atoms with E-state index < -0.39 is 0 Å². The molecule has 0 bridgehead atoms. The lowest BCUT2D eigenvalue weighted by molar-refractivity contribution is 0.0926. The second-order valence-electron chi connectivity index (χ2n) is 6.95. The van der Waals surface area contributed by atoms with E-state index in [2.05, 4.69) is 30.2 Å². The average molecular weight is 402 g/mol. The minimum Gasteiger partial charge on any atom is -0.383 e. The molecule has 152 valence electrons. The summed E-state index contributed by atoms with van der Waals surface area (Å²) in [7, 11) is 0. The zero-order valence-corrected chi connectivity index (χ0v) is 16.7. The molecule has 1 aliphatic rings. The Morgan fingerprint density at radius 3 is 2.77 bits per heavy atom. The van der Waals surface area contributed by atoms with Gasteiger partial charge in [0.25, 0.3) is 5.91 Å². The molecule has 4 rings (SSSR count). The van der Waals surface area contributed by atoms with Crippen molar-refractivity contribution in [3.8, 4) is 11.3 Å². The van der Waals surface area contributed by atoms with Crippen molar-refractivity contribution in [3.63, 3.8) is 0 Å². The third kappa shape index (κ3) is 3.41. The van der Waals surface area contributed by atoms with E-state index in [1.165, 1.54) is 0 Å². The fourth-order valence-corrected chi connectivity index (χ4v) is 3.77. The van der Waals surface area contributed by atoms with Gasteiger partial charge in [-0.05, 0) is 49.7 Å². The number of rotatable bonds is 5. The van der Waals surface area contributed by atoms with Gasteiger partial charge in [-0.2, -0.15) is 0 Å². The number of carbonyl (C=O) groups is 1. The van der Waals surface area contributed by atoms with Gasteiger partial charge < -0.3 is 20.9 Å². The Morgan fingerprint density at radius 1 is 1.30 bits per heavy atom. The Labute approximate surface area is 173 Å². The number of nitrogens with one attached hydrogen (secondary N) is 3. The number of hydrogen-bond donors (Lipinski definition) is 4. The Balaban J connectivity index is 1.64. The van der Waals surface area contributed by atoms with E-state index in [9.17, 15) is 4.79 Å². The first-order valence-electron chi connectivity index (χ1n) is 9.50. The van der Waals surface area contributed by atoms with Gasteiger partial charge in [0, 0.05) is 41.8 Å². The summed E-state index contributed by atoms with van der Waals surface area (Å²) in [4.78, 5) is 25.1. The van der Waals surface area contributed by atoms with Gasteiger partial charge >= 0.3 is 0 Å². The van der Waals surface area contributed by atoms with Crippen LogP contribution in [0.4, 0.5) is 11.6 Å². The number of hydrogen-bond acceptors (Lipinski definition) is 5. The lowest BCUT2D eigenvalue weighted by Crippen LogP contribution is -2.35. The van der Waals surface area contributed by atoms with Crippen molar-refractivity contribution in [2.45, 2.75) is 20.4 Å². The van der Waals surface area contributed by atoms with E-state index >= 15 is 0 Å². The molecule has 0 saturated heterocycles. The lowest BCUT2D eigenvalue weighted by Gasteiger charge is -2.17. The number of anilines is 2. The molecule has 1 amide bonds. The van der Waals surface area contributed by atoms with Crippen molar-refractivity contribution < 1.29 is 4.79 Å². The number of nitrogens with zero attached hydrogens (tertiary/aromatic N) is 4. The molecule has 1 aliphatic heterocycles. The van der Waals surface area contributed by atoms with Crippen molar-refractivity contribution in [3.05, 3.63) is 59.0 Å². The average Bonchev–Trinajstić information content (AvgIpc) is 3.00. The van der Waals surface area contributed by atoms with Crippen LogP contribution in [0.25, 0.3) is 11.3 Å². The summed E-state index contributed by atoms with van der Waals surface area (Å²) in [6, 6.07) is 9.15. The first kappa shape index (κ1) is 19.3. The molecule has 3 heterocycles. The van der Waals surface area contributed by atoms with Gasteiger partial charge in [-0.3, -0.25) is 10.2 Å². The molecule has 9 nitrogen and oxygen atoms in total. The fraction of sp³-hybridized carbons (Fsp3) is 0.190. The number of amides is 1. The number of fused-ring (bicyclic) bond motifs is 1. The van der Waals surface area contributed by atoms with Gasteiger partial charge in [0.15, 0.2) is 0 Å². The molecule has 0 aliphatic carbocycles. The Hall–Kier alpha value is -4.01. The minimum atomic E-state index is -0.0496. The summed E-state index contributed by atoms with van der Waals surface area (Å²) in [5.74, 6) is 0.683. The molecule has 0 fully saturated rings. The molecular formula is C21H22N8O. The van der Waals surface area contributed by atoms with Crippen LogP contribution >= 0.6 is 0 Å². The van der Waals surface area contributed by atoms with Crippen LogP contribution in [0.1, 0.15) is 27.3 Å². The first-order chi connectivity index (χ1) is 14.5. The molecule has 0 unspecified atom stereocenters. The van der Waals surface area contributed by atoms with Crippen LogP contribution < -0.4 is 16.4 Å². The molecule has 0 spiro atoms. The van der Waals surface area contributed by atoms with Crippen LogP contribution in [0.3, 0.4) is 0 Å². The van der Waals surface area contributed by atoms with E-state index in [0.717, 1.165) is 46.6 Å². The highest BCUT2D eigenvalue weighted by molar-refractivity contribution is 6.01.